The molecule has 9 nitrogen and oxygen atoms in total. The van der Waals surface area contributed by atoms with Crippen LogP contribution < -0.4 is 21.5 Å². The number of hydrazine groups is 1. The molecule has 0 unspecified atom stereocenters. The van der Waals surface area contributed by atoms with E-state index < -0.39 is 15.6 Å². The van der Waals surface area contributed by atoms with Crippen molar-refractivity contribution in [2.24, 2.45) is 0 Å². The van der Waals surface area contributed by atoms with Crippen LogP contribution in [0.4, 0.5) is 11.5 Å². The molecular weight excluding hydrogens is 404 g/mol. The van der Waals surface area contributed by atoms with Crippen LogP contribution in [0.2, 0.25) is 0 Å². The Labute approximate surface area is 175 Å². The Morgan fingerprint density at radius 2 is 1.90 bits per heavy atom. The highest BCUT2D eigenvalue weighted by atomic mass is 32.2. The topological polar surface area (TPSA) is 132 Å². The van der Waals surface area contributed by atoms with Gasteiger partial charge in [-0.15, -0.1) is 4.83 Å². The summed E-state index contributed by atoms with van der Waals surface area (Å²) in [5.41, 5.74) is 10.6. The maximum atomic E-state index is 12.7. The monoisotopic (exact) mass is 428 g/mol. The van der Waals surface area contributed by atoms with Crippen molar-refractivity contribution in [3.63, 3.8) is 0 Å². The molecule has 0 aliphatic rings. The van der Waals surface area contributed by atoms with Crippen molar-refractivity contribution in [1.82, 2.24) is 19.4 Å². The molecule has 0 amide bonds. The van der Waals surface area contributed by atoms with Crippen molar-refractivity contribution in [2.75, 3.05) is 11.2 Å². The molecule has 2 aromatic heterocycles. The van der Waals surface area contributed by atoms with Crippen LogP contribution in [0.15, 0.2) is 59.7 Å². The number of sulfonamides is 1. The van der Waals surface area contributed by atoms with Crippen molar-refractivity contribution in [3.05, 3.63) is 82.2 Å². The van der Waals surface area contributed by atoms with Crippen LogP contribution >= 0.6 is 0 Å². The van der Waals surface area contributed by atoms with Crippen molar-refractivity contribution < 1.29 is 8.42 Å². The van der Waals surface area contributed by atoms with E-state index in [4.69, 9.17) is 5.73 Å². The van der Waals surface area contributed by atoms with Crippen molar-refractivity contribution in [3.8, 4) is 0 Å². The molecule has 0 radical (unpaired) electrons. The van der Waals surface area contributed by atoms with Crippen molar-refractivity contribution >= 4 is 21.5 Å². The number of hydrogen-bond acceptors (Lipinski definition) is 7. The number of nitrogens with zero attached hydrogens (tertiary/aromatic N) is 3. The first kappa shape index (κ1) is 21.5. The predicted molar refractivity (Wildman–Crippen MR) is 116 cm³/mol. The van der Waals surface area contributed by atoms with E-state index in [0.717, 1.165) is 5.69 Å². The molecule has 1 aromatic carbocycles. The molecule has 0 saturated heterocycles. The van der Waals surface area contributed by atoms with Crippen molar-refractivity contribution in [1.29, 1.82) is 0 Å². The van der Waals surface area contributed by atoms with Gasteiger partial charge in [0, 0.05) is 36.0 Å². The normalized spacial score (nSPS) is 11.4. The molecule has 0 aliphatic carbocycles. The largest absolute Gasteiger partial charge is 0.399 e. The van der Waals surface area contributed by atoms with E-state index in [1.807, 2.05) is 6.07 Å². The molecule has 2 heterocycles. The Morgan fingerprint density at radius 1 is 1.13 bits per heavy atom. The Kier molecular flexibility index (Phi) is 6.80. The summed E-state index contributed by atoms with van der Waals surface area (Å²) in [5.74, 6) is -0.298. The summed E-state index contributed by atoms with van der Waals surface area (Å²) in [6, 6.07) is 12.3. The van der Waals surface area contributed by atoms with Crippen LogP contribution in [0.25, 0.3) is 0 Å². The zero-order valence-corrected chi connectivity index (χ0v) is 17.4. The van der Waals surface area contributed by atoms with Gasteiger partial charge in [0.1, 0.15) is 0 Å². The standard InChI is InChI=1S/C20H24N6O3S/c1-15-13-23-19(24-25-30(28,29)14-16-6-3-2-4-7-16)20(27)26(15)11-5-8-18-12-17(21)9-10-22-18/h2-4,6-7,9-10,12-13,25H,5,8,11,14H2,1H3,(H2,21,22)(H,23,24). The van der Waals surface area contributed by atoms with Crippen LogP contribution in [-0.2, 0) is 28.7 Å². The van der Waals surface area contributed by atoms with E-state index in [0.29, 0.717) is 36.3 Å². The molecule has 0 fully saturated rings. The van der Waals surface area contributed by atoms with Gasteiger partial charge in [0.2, 0.25) is 15.8 Å². The first-order chi connectivity index (χ1) is 14.3. The van der Waals surface area contributed by atoms with Gasteiger partial charge in [0.15, 0.2) is 0 Å². The highest BCUT2D eigenvalue weighted by molar-refractivity contribution is 7.88. The number of hydrogen-bond donors (Lipinski definition) is 3. The minimum atomic E-state index is -3.70. The van der Waals surface area contributed by atoms with Crippen LogP contribution in [-0.4, -0.2) is 23.0 Å². The molecule has 0 saturated carbocycles. The van der Waals surface area contributed by atoms with Gasteiger partial charge in [-0.05, 0) is 37.5 Å². The minimum Gasteiger partial charge on any atom is -0.399 e. The molecule has 4 N–H and O–H groups in total. The number of rotatable bonds is 9. The van der Waals surface area contributed by atoms with Gasteiger partial charge >= 0.3 is 0 Å². The van der Waals surface area contributed by atoms with Gasteiger partial charge in [-0.2, -0.15) is 0 Å². The van der Waals surface area contributed by atoms with Gasteiger partial charge in [0.05, 0.1) is 5.75 Å². The highest BCUT2D eigenvalue weighted by Gasteiger charge is 2.14. The van der Waals surface area contributed by atoms with E-state index >= 15 is 0 Å². The lowest BCUT2D eigenvalue weighted by molar-refractivity contribution is 0.584. The average molecular weight is 429 g/mol. The van der Waals surface area contributed by atoms with E-state index in [1.54, 1.807) is 54.1 Å². The zero-order chi connectivity index (χ0) is 21.6. The Hall–Kier alpha value is -3.24. The number of nitrogen functional groups attached to an aromatic ring is 1. The number of pyridine rings is 1. The molecule has 0 aliphatic heterocycles. The fraction of sp³-hybridized carbons (Fsp3) is 0.250. The number of benzene rings is 1. The highest BCUT2D eigenvalue weighted by Crippen LogP contribution is 2.08. The lowest BCUT2D eigenvalue weighted by Crippen LogP contribution is -2.36. The van der Waals surface area contributed by atoms with Crippen LogP contribution in [0.1, 0.15) is 23.4 Å². The Bertz CT molecular complexity index is 1160. The number of nitrogens with two attached hydrogens (primary N) is 1. The third-order valence-corrected chi connectivity index (χ3v) is 5.56. The summed E-state index contributed by atoms with van der Waals surface area (Å²) in [5, 5.41) is 0. The molecule has 158 valence electrons. The maximum absolute atomic E-state index is 12.7. The second-order valence-corrected chi connectivity index (χ2v) is 8.58. The van der Waals surface area contributed by atoms with Gasteiger partial charge < -0.3 is 10.3 Å². The zero-order valence-electron chi connectivity index (χ0n) is 16.6. The second kappa shape index (κ2) is 9.51. The third kappa shape index (κ3) is 5.88. The quantitative estimate of drug-likeness (QED) is 0.441. The molecule has 30 heavy (non-hydrogen) atoms. The number of aromatic nitrogens is 3. The predicted octanol–water partition coefficient (Wildman–Crippen LogP) is 1.61. The Morgan fingerprint density at radius 3 is 2.63 bits per heavy atom. The molecule has 3 rings (SSSR count). The first-order valence-electron chi connectivity index (χ1n) is 9.40. The molecular formula is C20H24N6O3S. The van der Waals surface area contributed by atoms with Gasteiger partial charge in [0.25, 0.3) is 5.56 Å². The van der Waals surface area contributed by atoms with Crippen molar-refractivity contribution in [2.45, 2.75) is 32.1 Å². The fourth-order valence-electron chi connectivity index (χ4n) is 2.94. The summed E-state index contributed by atoms with van der Waals surface area (Å²) < 4.78 is 26.1. The second-order valence-electron chi connectivity index (χ2n) is 6.86. The molecule has 0 bridgehead atoms. The van der Waals surface area contributed by atoms with Gasteiger partial charge in [-0.1, -0.05) is 30.3 Å². The minimum absolute atomic E-state index is 0.0840. The summed E-state index contributed by atoms with van der Waals surface area (Å²) in [7, 11) is -3.70. The van der Waals surface area contributed by atoms with E-state index in [-0.39, 0.29) is 11.6 Å². The maximum Gasteiger partial charge on any atom is 0.294 e. The lowest BCUT2D eigenvalue weighted by Gasteiger charge is -2.13. The van der Waals surface area contributed by atoms with Gasteiger partial charge in [-0.25, -0.2) is 13.4 Å². The first-order valence-corrected chi connectivity index (χ1v) is 11.1. The Balaban J connectivity index is 1.64. The van der Waals surface area contributed by atoms with Crippen LogP contribution in [0, 0.1) is 6.92 Å². The summed E-state index contributed by atoms with van der Waals surface area (Å²) in [6.45, 7) is 2.21. The average Bonchev–Trinajstić information content (AvgIpc) is 2.70. The molecule has 3 aromatic rings. The lowest BCUT2D eigenvalue weighted by atomic mass is 10.2. The number of aryl methyl sites for hydroxylation is 2. The number of anilines is 2. The van der Waals surface area contributed by atoms with Gasteiger partial charge in [-0.3, -0.25) is 15.2 Å². The fourth-order valence-corrected chi connectivity index (χ4v) is 3.90. The SMILES string of the molecule is Cc1cnc(NNS(=O)(=O)Cc2ccccc2)c(=O)n1CCCc1cc(N)ccn1. The van der Waals surface area contributed by atoms with Crippen LogP contribution in [0.3, 0.4) is 0 Å². The molecule has 10 heteroatoms. The summed E-state index contributed by atoms with van der Waals surface area (Å²) in [6.07, 6.45) is 4.50. The van der Waals surface area contributed by atoms with E-state index in [9.17, 15) is 13.2 Å². The molecule has 0 spiro atoms. The van der Waals surface area contributed by atoms with E-state index in [2.05, 4.69) is 20.2 Å². The van der Waals surface area contributed by atoms with E-state index in [1.165, 1.54) is 6.20 Å². The summed E-state index contributed by atoms with van der Waals surface area (Å²) in [4.78, 5) is 23.2. The molecule has 0 atom stereocenters. The summed E-state index contributed by atoms with van der Waals surface area (Å²) >= 11 is 0. The van der Waals surface area contributed by atoms with Crippen LogP contribution in [0.5, 0.6) is 0 Å². The third-order valence-electron chi connectivity index (χ3n) is 4.43. The smallest absolute Gasteiger partial charge is 0.294 e. The number of nitrogens with one attached hydrogen (secondary N) is 2.